The van der Waals surface area contributed by atoms with Gasteiger partial charge in [0.1, 0.15) is 11.9 Å². The Morgan fingerprint density at radius 1 is 1.06 bits per heavy atom. The third kappa shape index (κ3) is 5.06. The standard InChI is InChI=1S/C26H25Cl2N4O4/c1-26(2)23(32(35)24(33)29-20-8-4-6-18(27)14-20)31(21-9-5-7-19(28)15-21)25(34)30(26)16-17-10-12-22(36-3)13-11-17/h4-15,23H,16H2,1-3H3,(H,29,33)/q-1/t23-/m1/s1. The van der Waals surface area contributed by atoms with Crippen molar-refractivity contribution in [3.8, 4) is 5.75 Å². The number of rotatable bonds is 6. The van der Waals surface area contributed by atoms with Crippen LogP contribution in [0, 0.1) is 5.21 Å². The molecule has 4 rings (SSSR count). The van der Waals surface area contributed by atoms with Gasteiger partial charge in [-0.15, -0.1) is 0 Å². The Hall–Kier alpha value is -3.46. The number of methoxy groups -OCH3 is 1. The second-order valence-electron chi connectivity index (χ2n) is 8.86. The normalized spacial score (nSPS) is 16.7. The van der Waals surface area contributed by atoms with E-state index >= 15 is 0 Å². The molecule has 0 bridgehead atoms. The van der Waals surface area contributed by atoms with E-state index in [1.807, 2.05) is 12.1 Å². The molecular formula is C26H25Cl2N4O4-. The van der Waals surface area contributed by atoms with Crippen LogP contribution in [0.15, 0.2) is 72.8 Å². The van der Waals surface area contributed by atoms with Crippen molar-refractivity contribution in [2.24, 2.45) is 0 Å². The van der Waals surface area contributed by atoms with Crippen LogP contribution in [-0.2, 0) is 6.54 Å². The number of nitrogens with zero attached hydrogens (tertiary/aromatic N) is 3. The molecule has 3 aromatic carbocycles. The zero-order valence-electron chi connectivity index (χ0n) is 19.9. The minimum atomic E-state index is -1.19. The molecule has 10 heteroatoms. The van der Waals surface area contributed by atoms with Crippen LogP contribution >= 0.6 is 23.2 Å². The molecule has 1 heterocycles. The highest BCUT2D eigenvalue weighted by Crippen LogP contribution is 2.40. The quantitative estimate of drug-likeness (QED) is 0.366. The maximum atomic E-state index is 13.8. The first-order valence-corrected chi connectivity index (χ1v) is 11.9. The summed E-state index contributed by atoms with van der Waals surface area (Å²) in [6.45, 7) is 3.72. The van der Waals surface area contributed by atoms with Crippen LogP contribution in [0.1, 0.15) is 19.4 Å². The Morgan fingerprint density at radius 2 is 1.69 bits per heavy atom. The molecular weight excluding hydrogens is 503 g/mol. The summed E-state index contributed by atoms with van der Waals surface area (Å²) in [6.07, 6.45) is -1.19. The van der Waals surface area contributed by atoms with Gasteiger partial charge in [0.05, 0.1) is 12.6 Å². The van der Waals surface area contributed by atoms with Gasteiger partial charge in [-0.2, -0.15) is 0 Å². The van der Waals surface area contributed by atoms with Crippen molar-refractivity contribution in [1.29, 1.82) is 0 Å². The zero-order chi connectivity index (χ0) is 26.0. The van der Waals surface area contributed by atoms with Gasteiger partial charge in [-0.3, -0.25) is 4.90 Å². The fraction of sp³-hybridized carbons (Fsp3) is 0.231. The average molecular weight is 528 g/mol. The molecule has 1 N–H and O–H groups in total. The maximum Gasteiger partial charge on any atom is 0.327 e. The van der Waals surface area contributed by atoms with E-state index in [4.69, 9.17) is 27.9 Å². The van der Waals surface area contributed by atoms with Gasteiger partial charge >= 0.3 is 12.1 Å². The molecule has 36 heavy (non-hydrogen) atoms. The molecule has 1 fully saturated rings. The van der Waals surface area contributed by atoms with Crippen LogP contribution in [0.3, 0.4) is 0 Å². The van der Waals surface area contributed by atoms with Gasteiger partial charge in [0, 0.05) is 28.0 Å². The summed E-state index contributed by atoms with van der Waals surface area (Å²) >= 11 is 12.2. The number of benzene rings is 3. The number of ether oxygens (including phenoxy) is 1. The molecule has 0 aromatic heterocycles. The van der Waals surface area contributed by atoms with Gasteiger partial charge in [0.2, 0.25) is 0 Å². The first-order valence-electron chi connectivity index (χ1n) is 11.1. The predicted molar refractivity (Wildman–Crippen MR) is 141 cm³/mol. The number of carbonyl (C=O) groups excluding carboxylic acids is 2. The van der Waals surface area contributed by atoms with E-state index < -0.39 is 23.8 Å². The fourth-order valence-electron chi connectivity index (χ4n) is 4.25. The number of nitrogens with one attached hydrogen (secondary N) is 1. The number of hydroxylamine groups is 2. The minimum absolute atomic E-state index is 0.215. The molecule has 0 radical (unpaired) electrons. The number of carbonyl (C=O) groups is 2. The Kier molecular flexibility index (Phi) is 7.31. The van der Waals surface area contributed by atoms with Gasteiger partial charge in [-0.1, -0.05) is 47.5 Å². The van der Waals surface area contributed by atoms with E-state index in [2.05, 4.69) is 5.32 Å². The van der Waals surface area contributed by atoms with Crippen LogP contribution in [0.4, 0.5) is 21.0 Å². The first-order chi connectivity index (χ1) is 17.1. The topological polar surface area (TPSA) is 88.2 Å². The molecule has 0 spiro atoms. The van der Waals surface area contributed by atoms with E-state index in [0.29, 0.717) is 27.2 Å². The molecule has 0 aliphatic carbocycles. The number of halogens is 2. The molecule has 1 aliphatic rings. The molecule has 1 saturated heterocycles. The van der Waals surface area contributed by atoms with Crippen molar-refractivity contribution in [2.75, 3.05) is 17.3 Å². The summed E-state index contributed by atoms with van der Waals surface area (Å²) in [7, 11) is 1.58. The van der Waals surface area contributed by atoms with Crippen molar-refractivity contribution >= 4 is 46.6 Å². The Labute approximate surface area is 219 Å². The van der Waals surface area contributed by atoms with Gasteiger partial charge < -0.3 is 25.2 Å². The van der Waals surface area contributed by atoms with Crippen LogP contribution in [-0.4, -0.2) is 40.8 Å². The fourth-order valence-corrected chi connectivity index (χ4v) is 4.62. The van der Waals surface area contributed by atoms with Crippen LogP contribution in [0.5, 0.6) is 5.75 Å². The van der Waals surface area contributed by atoms with Crippen LogP contribution in [0.2, 0.25) is 10.0 Å². The Bertz CT molecular complexity index is 1270. The lowest BCUT2D eigenvalue weighted by Crippen LogP contribution is -2.57. The largest absolute Gasteiger partial charge is 0.753 e. The lowest BCUT2D eigenvalue weighted by atomic mass is 9.99. The molecule has 0 saturated carbocycles. The van der Waals surface area contributed by atoms with E-state index in [9.17, 15) is 14.8 Å². The number of hydrogen-bond acceptors (Lipinski definition) is 4. The lowest BCUT2D eigenvalue weighted by Gasteiger charge is -2.45. The smallest absolute Gasteiger partial charge is 0.327 e. The van der Waals surface area contributed by atoms with Crippen molar-refractivity contribution < 1.29 is 14.3 Å². The number of amides is 4. The third-order valence-electron chi connectivity index (χ3n) is 6.09. The van der Waals surface area contributed by atoms with Crippen LogP contribution < -0.4 is 15.0 Å². The number of hydrogen-bond donors (Lipinski definition) is 1. The summed E-state index contributed by atoms with van der Waals surface area (Å²) in [4.78, 5) is 29.7. The number of anilines is 2. The maximum absolute atomic E-state index is 13.8. The summed E-state index contributed by atoms with van der Waals surface area (Å²) in [6, 6.07) is 19.0. The van der Waals surface area contributed by atoms with Gasteiger partial charge in [0.25, 0.3) is 0 Å². The second-order valence-corrected chi connectivity index (χ2v) is 9.73. The van der Waals surface area contributed by atoms with E-state index in [1.54, 1.807) is 80.5 Å². The van der Waals surface area contributed by atoms with Gasteiger partial charge in [0.15, 0.2) is 0 Å². The van der Waals surface area contributed by atoms with Crippen molar-refractivity contribution in [3.63, 3.8) is 0 Å². The molecule has 188 valence electrons. The summed E-state index contributed by atoms with van der Waals surface area (Å²) < 4.78 is 5.22. The van der Waals surface area contributed by atoms with E-state index in [0.717, 1.165) is 5.56 Å². The molecule has 4 amide bonds. The van der Waals surface area contributed by atoms with E-state index in [-0.39, 0.29) is 11.6 Å². The monoisotopic (exact) mass is 527 g/mol. The van der Waals surface area contributed by atoms with Crippen LogP contribution in [0.25, 0.3) is 0 Å². The second kappa shape index (κ2) is 10.3. The van der Waals surface area contributed by atoms with Crippen molar-refractivity contribution in [1.82, 2.24) is 9.96 Å². The number of urea groups is 2. The lowest BCUT2D eigenvalue weighted by molar-refractivity contribution is 0.122. The van der Waals surface area contributed by atoms with Crippen molar-refractivity contribution in [3.05, 3.63) is 93.6 Å². The molecule has 3 aromatic rings. The Morgan fingerprint density at radius 3 is 2.31 bits per heavy atom. The molecule has 0 unspecified atom stereocenters. The minimum Gasteiger partial charge on any atom is -0.753 e. The van der Waals surface area contributed by atoms with Gasteiger partial charge in [-0.05, 0) is 67.9 Å². The highest BCUT2D eigenvalue weighted by Gasteiger charge is 2.53. The predicted octanol–water partition coefficient (Wildman–Crippen LogP) is 6.58. The summed E-state index contributed by atoms with van der Waals surface area (Å²) in [5, 5.41) is 17.2. The van der Waals surface area contributed by atoms with E-state index in [1.165, 1.54) is 11.0 Å². The first kappa shape index (κ1) is 25.6. The highest BCUT2D eigenvalue weighted by molar-refractivity contribution is 6.31. The molecule has 1 atom stereocenters. The van der Waals surface area contributed by atoms with Gasteiger partial charge in [-0.25, -0.2) is 9.59 Å². The third-order valence-corrected chi connectivity index (χ3v) is 6.56. The average Bonchev–Trinajstić information content (AvgIpc) is 3.04. The molecule has 1 aliphatic heterocycles. The zero-order valence-corrected chi connectivity index (χ0v) is 21.5. The Balaban J connectivity index is 1.70. The highest BCUT2D eigenvalue weighted by atomic mass is 35.5. The molecule has 8 nitrogen and oxygen atoms in total. The summed E-state index contributed by atoms with van der Waals surface area (Å²) in [5.41, 5.74) is 0.524. The SMILES string of the molecule is COc1ccc(CN2C(=O)N(c3cccc(Cl)c3)[C@H](N([O-])C(=O)Nc3cccc(Cl)c3)C2(C)C)cc1. The summed E-state index contributed by atoms with van der Waals surface area (Å²) in [5.74, 6) is 0.688. The van der Waals surface area contributed by atoms with Crippen molar-refractivity contribution in [2.45, 2.75) is 32.1 Å².